The first-order valence-electron chi connectivity index (χ1n) is 8.99. The zero-order chi connectivity index (χ0) is 17.1. The fraction of sp³-hybridized carbons (Fsp3) is 0.400. The molecule has 1 amide bonds. The summed E-state index contributed by atoms with van der Waals surface area (Å²) >= 11 is 0. The normalized spacial score (nSPS) is 20.0. The second-order valence-corrected chi connectivity index (χ2v) is 6.62. The lowest BCUT2D eigenvalue weighted by Crippen LogP contribution is -2.36. The number of carbonyl (C=O) groups excluding carboxylic acids is 1. The van der Waals surface area contributed by atoms with Gasteiger partial charge in [0, 0.05) is 19.3 Å². The lowest BCUT2D eigenvalue weighted by atomic mass is 9.87. The van der Waals surface area contributed by atoms with Crippen LogP contribution in [0.15, 0.2) is 42.6 Å². The van der Waals surface area contributed by atoms with Crippen molar-refractivity contribution in [3.05, 3.63) is 59.3 Å². The Morgan fingerprint density at radius 2 is 2.00 bits per heavy atom. The van der Waals surface area contributed by atoms with Gasteiger partial charge in [0.15, 0.2) is 0 Å². The zero-order valence-electron chi connectivity index (χ0n) is 14.3. The molecule has 130 valence electrons. The van der Waals surface area contributed by atoms with Crippen molar-refractivity contribution in [2.75, 3.05) is 31.2 Å². The van der Waals surface area contributed by atoms with E-state index in [9.17, 15) is 4.79 Å². The molecule has 1 N–H and O–H groups in total. The van der Waals surface area contributed by atoms with E-state index >= 15 is 0 Å². The Labute approximate surface area is 148 Å². The van der Waals surface area contributed by atoms with E-state index in [4.69, 9.17) is 4.74 Å². The van der Waals surface area contributed by atoms with Gasteiger partial charge in [-0.2, -0.15) is 0 Å². The quantitative estimate of drug-likeness (QED) is 0.936. The van der Waals surface area contributed by atoms with Crippen molar-refractivity contribution in [3.63, 3.8) is 0 Å². The maximum atomic E-state index is 12.6. The van der Waals surface area contributed by atoms with Gasteiger partial charge in [0.25, 0.3) is 5.91 Å². The van der Waals surface area contributed by atoms with Crippen LogP contribution in [0.4, 0.5) is 5.82 Å². The minimum Gasteiger partial charge on any atom is -0.378 e. The smallest absolute Gasteiger partial charge is 0.253 e. The molecule has 2 aliphatic rings. The fourth-order valence-electron chi connectivity index (χ4n) is 3.65. The topological polar surface area (TPSA) is 54.5 Å². The molecule has 2 heterocycles. The number of anilines is 1. The van der Waals surface area contributed by atoms with Crippen molar-refractivity contribution in [2.24, 2.45) is 0 Å². The van der Waals surface area contributed by atoms with Crippen molar-refractivity contribution >= 4 is 11.7 Å². The molecule has 0 saturated carbocycles. The second-order valence-electron chi connectivity index (χ2n) is 6.62. The van der Waals surface area contributed by atoms with Gasteiger partial charge in [0.2, 0.25) is 0 Å². The van der Waals surface area contributed by atoms with Gasteiger partial charge in [-0.3, -0.25) is 4.79 Å². The fourth-order valence-corrected chi connectivity index (χ4v) is 3.65. The predicted octanol–water partition coefficient (Wildman–Crippen LogP) is 2.73. The molecule has 1 aromatic carbocycles. The maximum absolute atomic E-state index is 12.6. The molecule has 1 aliphatic carbocycles. The first-order valence-corrected chi connectivity index (χ1v) is 8.99. The number of nitrogens with zero attached hydrogens (tertiary/aromatic N) is 2. The largest absolute Gasteiger partial charge is 0.378 e. The van der Waals surface area contributed by atoms with Crippen LogP contribution in [0.2, 0.25) is 0 Å². The number of aryl methyl sites for hydroxylation is 1. The molecule has 1 fully saturated rings. The Balaban J connectivity index is 1.45. The molecule has 25 heavy (non-hydrogen) atoms. The number of ether oxygens (including phenoxy) is 1. The molecule has 5 heteroatoms. The maximum Gasteiger partial charge on any atom is 0.253 e. The monoisotopic (exact) mass is 337 g/mol. The highest BCUT2D eigenvalue weighted by Crippen LogP contribution is 2.29. The van der Waals surface area contributed by atoms with Gasteiger partial charge in [-0.1, -0.05) is 24.3 Å². The summed E-state index contributed by atoms with van der Waals surface area (Å²) in [4.78, 5) is 19.3. The van der Waals surface area contributed by atoms with E-state index in [0.717, 1.165) is 51.4 Å². The summed E-state index contributed by atoms with van der Waals surface area (Å²) in [6.07, 6.45) is 4.87. The van der Waals surface area contributed by atoms with Crippen LogP contribution < -0.4 is 10.2 Å². The number of carbonyl (C=O) groups is 1. The van der Waals surface area contributed by atoms with Crippen molar-refractivity contribution in [1.29, 1.82) is 0 Å². The highest BCUT2D eigenvalue weighted by molar-refractivity contribution is 5.94. The Hall–Kier alpha value is -2.40. The number of pyridine rings is 1. The van der Waals surface area contributed by atoms with Crippen molar-refractivity contribution < 1.29 is 9.53 Å². The second kappa shape index (κ2) is 7.23. The standard InChI is InChI=1S/C20H23N3O2/c24-20(22-18-7-3-5-15-4-1-2-6-17(15)18)16-8-9-19(21-14-16)23-10-12-25-13-11-23/h1-2,4,6,8-9,14,18H,3,5,7,10-13H2,(H,22,24). The summed E-state index contributed by atoms with van der Waals surface area (Å²) in [6.45, 7) is 3.14. The SMILES string of the molecule is O=C(NC1CCCc2ccccc21)c1ccc(N2CCOCC2)nc1. The van der Waals surface area contributed by atoms with Crippen LogP contribution >= 0.6 is 0 Å². The number of fused-ring (bicyclic) bond motifs is 1. The van der Waals surface area contributed by atoms with Gasteiger partial charge >= 0.3 is 0 Å². The highest BCUT2D eigenvalue weighted by Gasteiger charge is 2.22. The van der Waals surface area contributed by atoms with E-state index < -0.39 is 0 Å². The average molecular weight is 337 g/mol. The number of hydrogen-bond donors (Lipinski definition) is 1. The number of hydrogen-bond acceptors (Lipinski definition) is 4. The average Bonchev–Trinajstić information content (AvgIpc) is 2.69. The van der Waals surface area contributed by atoms with Crippen LogP contribution in [-0.4, -0.2) is 37.2 Å². The third-order valence-electron chi connectivity index (χ3n) is 5.02. The van der Waals surface area contributed by atoms with Crippen LogP contribution in [0.3, 0.4) is 0 Å². The van der Waals surface area contributed by atoms with E-state index in [2.05, 4.69) is 33.4 Å². The number of benzene rings is 1. The molecule has 4 rings (SSSR count). The van der Waals surface area contributed by atoms with Crippen LogP contribution in [0.1, 0.15) is 40.4 Å². The van der Waals surface area contributed by atoms with Crippen molar-refractivity contribution in [1.82, 2.24) is 10.3 Å². The van der Waals surface area contributed by atoms with Crippen LogP contribution in [0.5, 0.6) is 0 Å². The van der Waals surface area contributed by atoms with Gasteiger partial charge in [-0.05, 0) is 42.5 Å². The number of rotatable bonds is 3. The summed E-state index contributed by atoms with van der Waals surface area (Å²) in [7, 11) is 0. The van der Waals surface area contributed by atoms with Crippen molar-refractivity contribution in [3.8, 4) is 0 Å². The summed E-state index contributed by atoms with van der Waals surface area (Å²) in [5.41, 5.74) is 3.21. The predicted molar refractivity (Wildman–Crippen MR) is 96.9 cm³/mol. The molecule has 1 saturated heterocycles. The van der Waals surface area contributed by atoms with Gasteiger partial charge in [-0.25, -0.2) is 4.98 Å². The molecule has 1 atom stereocenters. The van der Waals surface area contributed by atoms with Gasteiger partial charge < -0.3 is 15.0 Å². The van der Waals surface area contributed by atoms with Crippen LogP contribution in [0.25, 0.3) is 0 Å². The van der Waals surface area contributed by atoms with Gasteiger partial charge in [0.1, 0.15) is 5.82 Å². The summed E-state index contributed by atoms with van der Waals surface area (Å²) in [5, 5.41) is 3.18. The third kappa shape index (κ3) is 3.51. The number of morpholine rings is 1. The molecule has 2 aromatic rings. The number of aromatic nitrogens is 1. The molecular weight excluding hydrogens is 314 g/mol. The molecule has 0 bridgehead atoms. The first kappa shape index (κ1) is 16.1. The molecule has 1 aliphatic heterocycles. The highest BCUT2D eigenvalue weighted by atomic mass is 16.5. The third-order valence-corrected chi connectivity index (χ3v) is 5.02. The summed E-state index contributed by atoms with van der Waals surface area (Å²) in [6, 6.07) is 12.3. The number of nitrogens with one attached hydrogen (secondary N) is 1. The van der Waals surface area contributed by atoms with Gasteiger partial charge in [0.05, 0.1) is 24.8 Å². The Morgan fingerprint density at radius 1 is 1.16 bits per heavy atom. The zero-order valence-corrected chi connectivity index (χ0v) is 14.3. The van der Waals surface area contributed by atoms with E-state index in [1.165, 1.54) is 11.1 Å². The van der Waals surface area contributed by atoms with Crippen LogP contribution in [0, 0.1) is 0 Å². The summed E-state index contributed by atoms with van der Waals surface area (Å²) in [5.74, 6) is 0.852. The van der Waals surface area contributed by atoms with E-state index in [1.54, 1.807) is 6.20 Å². The lowest BCUT2D eigenvalue weighted by molar-refractivity contribution is 0.0932. The molecule has 0 radical (unpaired) electrons. The minimum atomic E-state index is -0.0530. The van der Waals surface area contributed by atoms with Crippen molar-refractivity contribution in [2.45, 2.75) is 25.3 Å². The summed E-state index contributed by atoms with van der Waals surface area (Å²) < 4.78 is 5.36. The molecule has 0 spiro atoms. The first-order chi connectivity index (χ1) is 12.3. The lowest BCUT2D eigenvalue weighted by Gasteiger charge is -2.28. The minimum absolute atomic E-state index is 0.0530. The Bertz CT molecular complexity index is 739. The van der Waals surface area contributed by atoms with Crippen LogP contribution in [-0.2, 0) is 11.2 Å². The van der Waals surface area contributed by atoms with Gasteiger partial charge in [-0.15, -0.1) is 0 Å². The molecular formula is C20H23N3O2. The Kier molecular flexibility index (Phi) is 4.65. The molecule has 5 nitrogen and oxygen atoms in total. The number of amides is 1. The molecule has 1 aromatic heterocycles. The Morgan fingerprint density at radius 3 is 2.80 bits per heavy atom. The van der Waals surface area contributed by atoms with E-state index in [1.807, 2.05) is 18.2 Å². The van der Waals surface area contributed by atoms with E-state index in [0.29, 0.717) is 5.56 Å². The molecule has 1 unspecified atom stereocenters. The van der Waals surface area contributed by atoms with E-state index in [-0.39, 0.29) is 11.9 Å².